The van der Waals surface area contributed by atoms with Gasteiger partial charge >= 0.3 is 0 Å². The van der Waals surface area contributed by atoms with Crippen LogP contribution in [0.15, 0.2) is 0 Å². The average Bonchev–Trinajstić information content (AvgIpc) is 1.96. The monoisotopic (exact) mass is 237 g/mol. The molecule has 0 amide bonds. The standard InChI is InChI=1S/C9H23N3O2S/c1-7(6-10)8(2)11-15(13,14)12-9(3,4)5/h7-8,11-12H,6,10H2,1-5H3. The van der Waals surface area contributed by atoms with Crippen LogP contribution in [0.2, 0.25) is 0 Å². The van der Waals surface area contributed by atoms with Gasteiger partial charge in [-0.2, -0.15) is 17.9 Å². The van der Waals surface area contributed by atoms with Crippen LogP contribution in [0.3, 0.4) is 0 Å². The minimum absolute atomic E-state index is 0.113. The third kappa shape index (κ3) is 6.83. The highest BCUT2D eigenvalue weighted by Crippen LogP contribution is 2.04. The molecule has 0 bridgehead atoms. The molecule has 92 valence electrons. The highest BCUT2D eigenvalue weighted by Gasteiger charge is 2.23. The molecule has 0 heterocycles. The Balaban J connectivity index is 4.40. The van der Waals surface area contributed by atoms with Crippen LogP contribution in [0, 0.1) is 5.92 Å². The number of hydrogen-bond donors (Lipinski definition) is 3. The van der Waals surface area contributed by atoms with Crippen molar-refractivity contribution >= 4 is 10.2 Å². The Hall–Kier alpha value is -0.170. The summed E-state index contributed by atoms with van der Waals surface area (Å²) in [4.78, 5) is 0. The molecule has 4 N–H and O–H groups in total. The second-order valence-corrected chi connectivity index (χ2v) is 6.42. The molecule has 0 radical (unpaired) electrons. The molecule has 0 aromatic rings. The van der Waals surface area contributed by atoms with E-state index in [1.807, 2.05) is 6.92 Å². The maximum atomic E-state index is 11.6. The summed E-state index contributed by atoms with van der Waals surface area (Å²) in [7, 11) is -3.45. The molecule has 5 nitrogen and oxygen atoms in total. The zero-order valence-electron chi connectivity index (χ0n) is 10.2. The molecular weight excluding hydrogens is 214 g/mol. The van der Waals surface area contributed by atoms with E-state index < -0.39 is 15.7 Å². The Morgan fingerprint density at radius 2 is 1.73 bits per heavy atom. The summed E-state index contributed by atoms with van der Waals surface area (Å²) in [6, 6.07) is -0.171. The summed E-state index contributed by atoms with van der Waals surface area (Å²) in [5.74, 6) is 0.113. The van der Waals surface area contributed by atoms with Crippen molar-refractivity contribution in [2.75, 3.05) is 6.54 Å². The Kier molecular flexibility index (Phi) is 5.19. The van der Waals surface area contributed by atoms with Crippen LogP contribution in [-0.4, -0.2) is 26.5 Å². The minimum Gasteiger partial charge on any atom is -0.330 e. The summed E-state index contributed by atoms with van der Waals surface area (Å²) in [5, 5.41) is 0. The Labute approximate surface area is 93.0 Å². The Morgan fingerprint density at radius 3 is 2.07 bits per heavy atom. The SMILES string of the molecule is CC(CN)C(C)NS(=O)(=O)NC(C)(C)C. The lowest BCUT2D eigenvalue weighted by atomic mass is 10.1. The van der Waals surface area contributed by atoms with Gasteiger partial charge in [-0.3, -0.25) is 0 Å². The quantitative estimate of drug-likeness (QED) is 0.638. The molecular formula is C9H23N3O2S. The molecule has 15 heavy (non-hydrogen) atoms. The summed E-state index contributed by atoms with van der Waals surface area (Å²) < 4.78 is 28.3. The fourth-order valence-corrected chi connectivity index (χ4v) is 2.58. The van der Waals surface area contributed by atoms with E-state index in [2.05, 4.69) is 9.44 Å². The normalized spacial score (nSPS) is 17.5. The van der Waals surface area contributed by atoms with E-state index in [-0.39, 0.29) is 12.0 Å². The number of rotatable bonds is 5. The highest BCUT2D eigenvalue weighted by molar-refractivity contribution is 7.87. The van der Waals surface area contributed by atoms with Gasteiger partial charge in [0.15, 0.2) is 0 Å². The van der Waals surface area contributed by atoms with Crippen LogP contribution in [0.5, 0.6) is 0 Å². The number of hydrogen-bond acceptors (Lipinski definition) is 3. The average molecular weight is 237 g/mol. The van der Waals surface area contributed by atoms with Crippen molar-refractivity contribution in [1.82, 2.24) is 9.44 Å². The zero-order valence-corrected chi connectivity index (χ0v) is 11.0. The first kappa shape index (κ1) is 14.8. The van der Waals surface area contributed by atoms with Gasteiger partial charge in [0.1, 0.15) is 0 Å². The predicted octanol–water partition coefficient (Wildman–Crippen LogP) is 0.192. The van der Waals surface area contributed by atoms with Crippen molar-refractivity contribution in [2.45, 2.75) is 46.2 Å². The Morgan fingerprint density at radius 1 is 1.27 bits per heavy atom. The topological polar surface area (TPSA) is 84.2 Å². The third-order valence-electron chi connectivity index (χ3n) is 2.01. The van der Waals surface area contributed by atoms with Crippen LogP contribution in [0.1, 0.15) is 34.6 Å². The lowest BCUT2D eigenvalue weighted by Gasteiger charge is -2.24. The molecule has 0 aliphatic carbocycles. The van der Waals surface area contributed by atoms with Gasteiger partial charge in [-0.15, -0.1) is 0 Å². The van der Waals surface area contributed by atoms with Gasteiger partial charge in [-0.05, 0) is 40.2 Å². The smallest absolute Gasteiger partial charge is 0.277 e. The number of nitrogens with one attached hydrogen (secondary N) is 2. The summed E-state index contributed by atoms with van der Waals surface area (Å²) >= 11 is 0. The molecule has 0 aliphatic rings. The second-order valence-electron chi connectivity index (χ2n) is 4.98. The van der Waals surface area contributed by atoms with E-state index in [1.165, 1.54) is 0 Å². The molecule has 0 fully saturated rings. The van der Waals surface area contributed by atoms with Crippen molar-refractivity contribution in [3.63, 3.8) is 0 Å². The molecule has 0 rings (SSSR count). The fraction of sp³-hybridized carbons (Fsp3) is 1.00. The van der Waals surface area contributed by atoms with Crippen molar-refractivity contribution < 1.29 is 8.42 Å². The maximum absolute atomic E-state index is 11.6. The molecule has 0 saturated carbocycles. The molecule has 2 unspecified atom stereocenters. The van der Waals surface area contributed by atoms with Gasteiger partial charge in [0.2, 0.25) is 0 Å². The van der Waals surface area contributed by atoms with Crippen LogP contribution in [-0.2, 0) is 10.2 Å². The van der Waals surface area contributed by atoms with Crippen molar-refractivity contribution in [3.05, 3.63) is 0 Å². The van der Waals surface area contributed by atoms with Gasteiger partial charge in [-0.25, -0.2) is 0 Å². The largest absolute Gasteiger partial charge is 0.330 e. The van der Waals surface area contributed by atoms with Gasteiger partial charge in [0.05, 0.1) is 0 Å². The van der Waals surface area contributed by atoms with Gasteiger partial charge in [0.25, 0.3) is 10.2 Å². The van der Waals surface area contributed by atoms with E-state index in [1.54, 1.807) is 27.7 Å². The molecule has 0 spiro atoms. The lowest BCUT2D eigenvalue weighted by Crippen LogP contribution is -2.51. The van der Waals surface area contributed by atoms with Gasteiger partial charge < -0.3 is 5.73 Å². The highest BCUT2D eigenvalue weighted by atomic mass is 32.2. The Bertz CT molecular complexity index is 282. The third-order valence-corrected chi connectivity index (χ3v) is 3.57. The summed E-state index contributed by atoms with van der Waals surface area (Å²) in [6.07, 6.45) is 0. The van der Waals surface area contributed by atoms with Crippen molar-refractivity contribution in [2.24, 2.45) is 11.7 Å². The van der Waals surface area contributed by atoms with Crippen molar-refractivity contribution in [1.29, 1.82) is 0 Å². The molecule has 6 heteroatoms. The minimum atomic E-state index is -3.45. The van der Waals surface area contributed by atoms with E-state index in [0.717, 1.165) is 0 Å². The van der Waals surface area contributed by atoms with E-state index in [0.29, 0.717) is 6.54 Å². The van der Waals surface area contributed by atoms with Crippen LogP contribution in [0.25, 0.3) is 0 Å². The van der Waals surface area contributed by atoms with Gasteiger partial charge in [0, 0.05) is 11.6 Å². The van der Waals surface area contributed by atoms with E-state index in [9.17, 15) is 8.42 Å². The fourth-order valence-electron chi connectivity index (χ4n) is 0.998. The molecule has 0 aromatic heterocycles. The first-order valence-corrected chi connectivity index (χ1v) is 6.57. The van der Waals surface area contributed by atoms with Gasteiger partial charge in [-0.1, -0.05) is 6.92 Å². The maximum Gasteiger partial charge on any atom is 0.277 e. The second kappa shape index (κ2) is 5.25. The summed E-state index contributed by atoms with van der Waals surface area (Å²) in [6.45, 7) is 9.55. The van der Waals surface area contributed by atoms with Crippen LogP contribution in [0.4, 0.5) is 0 Å². The van der Waals surface area contributed by atoms with Crippen LogP contribution < -0.4 is 15.2 Å². The molecule has 0 saturated heterocycles. The van der Waals surface area contributed by atoms with Crippen molar-refractivity contribution in [3.8, 4) is 0 Å². The van der Waals surface area contributed by atoms with Crippen LogP contribution >= 0.6 is 0 Å². The predicted molar refractivity (Wildman–Crippen MR) is 62.6 cm³/mol. The molecule has 0 aliphatic heterocycles. The summed E-state index contributed by atoms with van der Waals surface area (Å²) in [5.41, 5.74) is 4.99. The first-order valence-electron chi connectivity index (χ1n) is 5.08. The zero-order chi connectivity index (χ0) is 12.3. The van der Waals surface area contributed by atoms with E-state index in [4.69, 9.17) is 5.73 Å². The molecule has 2 atom stereocenters. The number of nitrogens with two attached hydrogens (primary N) is 1. The lowest BCUT2D eigenvalue weighted by molar-refractivity contribution is 0.434. The molecule has 0 aromatic carbocycles. The first-order chi connectivity index (χ1) is 6.57. The van der Waals surface area contributed by atoms with E-state index >= 15 is 0 Å².